The number of hydrogen-bond acceptors (Lipinski definition) is 5. The zero-order valence-corrected chi connectivity index (χ0v) is 10.8. The lowest BCUT2D eigenvalue weighted by atomic mass is 10.4. The van der Waals surface area contributed by atoms with Crippen molar-refractivity contribution in [3.05, 3.63) is 48.0 Å². The van der Waals surface area contributed by atoms with Gasteiger partial charge in [-0.2, -0.15) is 5.26 Å². The Morgan fingerprint density at radius 2 is 2.05 bits per heavy atom. The first-order valence-corrected chi connectivity index (χ1v) is 6.82. The third-order valence-corrected chi connectivity index (χ3v) is 3.74. The summed E-state index contributed by atoms with van der Waals surface area (Å²) in [6, 6.07) is 7.83. The highest BCUT2D eigenvalue weighted by molar-refractivity contribution is 7.92. The van der Waals surface area contributed by atoms with E-state index in [0.29, 0.717) is 5.69 Å². The van der Waals surface area contributed by atoms with Gasteiger partial charge in [-0.25, -0.2) is 13.4 Å². The van der Waals surface area contributed by atoms with Crippen molar-refractivity contribution in [2.24, 2.45) is 0 Å². The minimum Gasteiger partial charge on any atom is -0.278 e. The second kappa shape index (κ2) is 5.04. The number of nitriles is 1. The van der Waals surface area contributed by atoms with E-state index in [-0.39, 0.29) is 10.6 Å². The molecule has 0 fully saturated rings. The Morgan fingerprint density at radius 3 is 2.68 bits per heavy atom. The third kappa shape index (κ3) is 2.86. The first-order valence-electron chi connectivity index (χ1n) is 5.33. The van der Waals surface area contributed by atoms with Crippen LogP contribution in [0.3, 0.4) is 0 Å². The van der Waals surface area contributed by atoms with E-state index in [0.717, 1.165) is 5.69 Å². The molecule has 7 heteroatoms. The molecule has 0 radical (unpaired) electrons. The van der Waals surface area contributed by atoms with Gasteiger partial charge in [-0.3, -0.25) is 9.71 Å². The molecule has 0 spiro atoms. The lowest BCUT2D eigenvalue weighted by Crippen LogP contribution is -2.15. The van der Waals surface area contributed by atoms with Crippen molar-refractivity contribution >= 4 is 15.7 Å². The van der Waals surface area contributed by atoms with Gasteiger partial charge < -0.3 is 0 Å². The third-order valence-electron chi connectivity index (χ3n) is 2.33. The second-order valence-corrected chi connectivity index (χ2v) is 5.41. The van der Waals surface area contributed by atoms with Crippen molar-refractivity contribution in [2.45, 2.75) is 11.8 Å². The van der Waals surface area contributed by atoms with Crippen molar-refractivity contribution in [3.63, 3.8) is 0 Å². The molecular weight excluding hydrogens is 264 g/mol. The van der Waals surface area contributed by atoms with Crippen LogP contribution in [0.1, 0.15) is 11.4 Å². The Labute approximate surface area is 110 Å². The van der Waals surface area contributed by atoms with E-state index < -0.39 is 10.0 Å². The van der Waals surface area contributed by atoms with Crippen LogP contribution in [0.15, 0.2) is 41.6 Å². The molecule has 0 saturated heterocycles. The highest BCUT2D eigenvalue weighted by Gasteiger charge is 2.19. The van der Waals surface area contributed by atoms with Crippen molar-refractivity contribution in [3.8, 4) is 6.07 Å². The van der Waals surface area contributed by atoms with Gasteiger partial charge in [-0.1, -0.05) is 0 Å². The number of aromatic nitrogens is 2. The summed E-state index contributed by atoms with van der Waals surface area (Å²) in [5.41, 5.74) is 0.968. The summed E-state index contributed by atoms with van der Waals surface area (Å²) in [5.74, 6) is 0. The van der Waals surface area contributed by atoms with Gasteiger partial charge in [0, 0.05) is 11.9 Å². The number of hydrogen-bond donors (Lipinski definition) is 1. The normalized spacial score (nSPS) is 10.7. The summed E-state index contributed by atoms with van der Waals surface area (Å²) in [5, 5.41) is 8.87. The minimum atomic E-state index is -3.84. The van der Waals surface area contributed by atoms with E-state index in [1.54, 1.807) is 25.1 Å². The zero-order valence-electron chi connectivity index (χ0n) is 10.0. The van der Waals surface area contributed by atoms with Crippen LogP contribution in [0.4, 0.5) is 5.69 Å². The molecule has 0 atom stereocenters. The summed E-state index contributed by atoms with van der Waals surface area (Å²) in [6.45, 7) is 1.80. The van der Waals surface area contributed by atoms with Gasteiger partial charge in [0.1, 0.15) is 11.0 Å². The van der Waals surface area contributed by atoms with Crippen molar-refractivity contribution in [1.29, 1.82) is 5.26 Å². The predicted molar refractivity (Wildman–Crippen MR) is 68.7 cm³/mol. The Bertz CT molecular complexity index is 733. The Morgan fingerprint density at radius 1 is 1.26 bits per heavy atom. The van der Waals surface area contributed by atoms with Gasteiger partial charge in [0.05, 0.1) is 11.9 Å². The maximum absolute atomic E-state index is 12.1. The summed E-state index contributed by atoms with van der Waals surface area (Å²) in [6.07, 6.45) is 2.78. The second-order valence-electron chi connectivity index (χ2n) is 3.76. The van der Waals surface area contributed by atoms with Crippen LogP contribution in [0, 0.1) is 18.3 Å². The average Bonchev–Trinajstić information content (AvgIpc) is 2.41. The van der Waals surface area contributed by atoms with Crippen molar-refractivity contribution in [1.82, 2.24) is 9.97 Å². The molecule has 0 aromatic carbocycles. The zero-order chi connectivity index (χ0) is 13.9. The number of pyridine rings is 2. The quantitative estimate of drug-likeness (QED) is 0.914. The molecule has 0 bridgehead atoms. The molecule has 0 saturated carbocycles. The fourth-order valence-electron chi connectivity index (χ4n) is 1.43. The molecule has 0 aliphatic heterocycles. The van der Waals surface area contributed by atoms with Crippen molar-refractivity contribution < 1.29 is 8.42 Å². The molecule has 19 heavy (non-hydrogen) atoms. The van der Waals surface area contributed by atoms with Crippen LogP contribution in [-0.4, -0.2) is 18.4 Å². The fourth-order valence-corrected chi connectivity index (χ4v) is 2.58. The molecule has 1 N–H and O–H groups in total. The molecular formula is C12H10N4O2S. The molecule has 96 valence electrons. The number of aryl methyl sites for hydroxylation is 1. The molecule has 2 aromatic rings. The Hall–Kier alpha value is -2.46. The van der Waals surface area contributed by atoms with Gasteiger partial charge in [0.15, 0.2) is 5.69 Å². The van der Waals surface area contributed by atoms with Crippen molar-refractivity contribution in [2.75, 3.05) is 4.72 Å². The molecule has 2 rings (SSSR count). The molecule has 0 aliphatic rings. The summed E-state index contributed by atoms with van der Waals surface area (Å²) in [4.78, 5) is 7.56. The topological polar surface area (TPSA) is 95.7 Å². The summed E-state index contributed by atoms with van der Waals surface area (Å²) in [7, 11) is -3.84. The van der Waals surface area contributed by atoms with E-state index in [4.69, 9.17) is 5.26 Å². The van der Waals surface area contributed by atoms with Gasteiger partial charge in [-0.05, 0) is 31.2 Å². The van der Waals surface area contributed by atoms with Gasteiger partial charge >= 0.3 is 0 Å². The maximum atomic E-state index is 12.1. The van der Waals surface area contributed by atoms with E-state index in [2.05, 4.69) is 14.7 Å². The number of rotatable bonds is 3. The van der Waals surface area contributed by atoms with Crippen LogP contribution in [-0.2, 0) is 10.0 Å². The van der Waals surface area contributed by atoms with E-state index in [1.807, 2.05) is 0 Å². The van der Waals surface area contributed by atoms with Crippen LogP contribution in [0.2, 0.25) is 0 Å². The molecule has 0 aliphatic carbocycles. The van der Waals surface area contributed by atoms with E-state index >= 15 is 0 Å². The largest absolute Gasteiger partial charge is 0.278 e. The number of nitrogens with one attached hydrogen (secondary N) is 1. The number of anilines is 1. The Balaban J connectivity index is 2.38. The smallest absolute Gasteiger partial charge is 0.264 e. The van der Waals surface area contributed by atoms with Crippen LogP contribution < -0.4 is 4.72 Å². The monoisotopic (exact) mass is 274 g/mol. The first-order chi connectivity index (χ1) is 9.03. The lowest BCUT2D eigenvalue weighted by molar-refractivity contribution is 0.600. The highest BCUT2D eigenvalue weighted by atomic mass is 32.2. The van der Waals surface area contributed by atoms with Crippen LogP contribution in [0.5, 0.6) is 0 Å². The minimum absolute atomic E-state index is 0.143. The van der Waals surface area contributed by atoms with E-state index in [9.17, 15) is 8.42 Å². The lowest BCUT2D eigenvalue weighted by Gasteiger charge is -2.08. The standard InChI is InChI=1S/C12H10N4O2S/c1-9-4-5-10(8-15-9)16-19(17,18)12-3-2-6-14-11(12)7-13/h2-6,8,16H,1H3. The first kappa shape index (κ1) is 13.0. The van der Waals surface area contributed by atoms with Gasteiger partial charge in [0.25, 0.3) is 10.0 Å². The highest BCUT2D eigenvalue weighted by Crippen LogP contribution is 2.17. The number of sulfonamides is 1. The predicted octanol–water partition coefficient (Wildman–Crippen LogP) is 1.46. The molecule has 2 aromatic heterocycles. The average molecular weight is 274 g/mol. The summed E-state index contributed by atoms with van der Waals surface area (Å²) < 4.78 is 26.6. The van der Waals surface area contributed by atoms with Gasteiger partial charge in [0.2, 0.25) is 0 Å². The summed E-state index contributed by atoms with van der Waals surface area (Å²) >= 11 is 0. The fraction of sp³-hybridized carbons (Fsp3) is 0.0833. The van der Waals surface area contributed by atoms with Crippen LogP contribution in [0.25, 0.3) is 0 Å². The number of nitrogens with zero attached hydrogens (tertiary/aromatic N) is 3. The maximum Gasteiger partial charge on any atom is 0.264 e. The molecule has 6 nitrogen and oxygen atoms in total. The SMILES string of the molecule is Cc1ccc(NS(=O)(=O)c2cccnc2C#N)cn1. The Kier molecular flexibility index (Phi) is 3.44. The van der Waals surface area contributed by atoms with E-state index in [1.165, 1.54) is 24.5 Å². The van der Waals surface area contributed by atoms with Gasteiger partial charge in [-0.15, -0.1) is 0 Å². The molecule has 0 amide bonds. The van der Waals surface area contributed by atoms with Crippen LogP contribution >= 0.6 is 0 Å². The molecule has 0 unspecified atom stereocenters. The molecule has 2 heterocycles.